The van der Waals surface area contributed by atoms with Crippen molar-refractivity contribution in [2.24, 2.45) is 0 Å². The molecule has 0 bridgehead atoms. The number of carbonyl (C=O) groups excluding carboxylic acids is 2. The number of fused-ring (bicyclic) bond motifs is 1. The van der Waals surface area contributed by atoms with Crippen molar-refractivity contribution >= 4 is 35.1 Å². The van der Waals surface area contributed by atoms with E-state index in [1.807, 2.05) is 0 Å². The van der Waals surface area contributed by atoms with Crippen LogP contribution in [0.25, 0.3) is 0 Å². The third kappa shape index (κ3) is 1.76. The first-order valence-corrected chi connectivity index (χ1v) is 5.80. The van der Waals surface area contributed by atoms with Crippen LogP contribution in [0.5, 0.6) is 0 Å². The highest BCUT2D eigenvalue weighted by atomic mass is 35.5. The molecule has 94 valence electrons. The van der Waals surface area contributed by atoms with Gasteiger partial charge in [0.1, 0.15) is 5.88 Å². The SMILES string of the molecule is CC1C(=O)N(C(=O)CCl)c2cc(C(=O)O)ccc21. The van der Waals surface area contributed by atoms with Crippen LogP contribution in [0.15, 0.2) is 18.2 Å². The maximum Gasteiger partial charge on any atom is 0.335 e. The van der Waals surface area contributed by atoms with Gasteiger partial charge in [0.05, 0.1) is 17.2 Å². The first-order valence-electron chi connectivity index (χ1n) is 5.27. The first kappa shape index (κ1) is 12.6. The summed E-state index contributed by atoms with van der Waals surface area (Å²) in [5.74, 6) is -2.82. The van der Waals surface area contributed by atoms with Gasteiger partial charge >= 0.3 is 5.97 Å². The van der Waals surface area contributed by atoms with Crippen LogP contribution in [-0.4, -0.2) is 28.8 Å². The Morgan fingerprint density at radius 2 is 2.11 bits per heavy atom. The van der Waals surface area contributed by atoms with Gasteiger partial charge in [0.2, 0.25) is 11.8 Å². The fraction of sp³-hybridized carbons (Fsp3) is 0.250. The molecule has 1 aromatic rings. The lowest BCUT2D eigenvalue weighted by Crippen LogP contribution is -2.35. The first-order chi connectivity index (χ1) is 8.47. The summed E-state index contributed by atoms with van der Waals surface area (Å²) < 4.78 is 0. The third-order valence-corrected chi connectivity index (χ3v) is 3.17. The highest BCUT2D eigenvalue weighted by Gasteiger charge is 2.38. The largest absolute Gasteiger partial charge is 0.478 e. The minimum Gasteiger partial charge on any atom is -0.478 e. The van der Waals surface area contributed by atoms with Crippen molar-refractivity contribution in [2.45, 2.75) is 12.8 Å². The summed E-state index contributed by atoms with van der Waals surface area (Å²) in [4.78, 5) is 35.4. The average molecular weight is 268 g/mol. The maximum absolute atomic E-state index is 11.9. The lowest BCUT2D eigenvalue weighted by atomic mass is 10.0. The van der Waals surface area contributed by atoms with E-state index in [0.717, 1.165) is 4.90 Å². The molecule has 5 nitrogen and oxygen atoms in total. The molecule has 0 spiro atoms. The normalized spacial score (nSPS) is 17.8. The lowest BCUT2D eigenvalue weighted by Gasteiger charge is -2.14. The van der Waals surface area contributed by atoms with Crippen molar-refractivity contribution < 1.29 is 19.5 Å². The van der Waals surface area contributed by atoms with Crippen LogP contribution >= 0.6 is 11.6 Å². The monoisotopic (exact) mass is 267 g/mol. The van der Waals surface area contributed by atoms with Gasteiger partial charge in [0.25, 0.3) is 0 Å². The second-order valence-corrected chi connectivity index (χ2v) is 4.27. The number of rotatable bonds is 2. The number of hydrogen-bond acceptors (Lipinski definition) is 3. The summed E-state index contributed by atoms with van der Waals surface area (Å²) in [5, 5.41) is 8.92. The molecule has 0 radical (unpaired) electrons. The minimum atomic E-state index is -1.11. The molecule has 2 rings (SSSR count). The quantitative estimate of drug-likeness (QED) is 0.826. The molecule has 18 heavy (non-hydrogen) atoms. The molecule has 6 heteroatoms. The molecule has 0 aliphatic carbocycles. The van der Waals surface area contributed by atoms with E-state index in [9.17, 15) is 14.4 Å². The molecule has 1 heterocycles. The molecule has 0 saturated heterocycles. The van der Waals surface area contributed by atoms with Crippen LogP contribution in [0.3, 0.4) is 0 Å². The van der Waals surface area contributed by atoms with E-state index < -0.39 is 17.8 Å². The number of nitrogens with zero attached hydrogens (tertiary/aromatic N) is 1. The molecule has 2 amide bonds. The van der Waals surface area contributed by atoms with Gasteiger partial charge in [-0.3, -0.25) is 9.59 Å². The molecule has 1 N–H and O–H groups in total. The lowest BCUT2D eigenvalue weighted by molar-refractivity contribution is -0.125. The number of alkyl halides is 1. The van der Waals surface area contributed by atoms with Crippen LogP contribution in [0.4, 0.5) is 5.69 Å². The Kier molecular flexibility index (Phi) is 3.09. The predicted molar refractivity (Wildman–Crippen MR) is 65.0 cm³/mol. The highest BCUT2D eigenvalue weighted by Crippen LogP contribution is 2.37. The third-order valence-electron chi connectivity index (χ3n) is 2.94. The van der Waals surface area contributed by atoms with E-state index in [1.54, 1.807) is 13.0 Å². The number of carboxylic acids is 1. The van der Waals surface area contributed by atoms with Gasteiger partial charge < -0.3 is 5.11 Å². The molecule has 1 aliphatic rings. The van der Waals surface area contributed by atoms with Gasteiger partial charge in [-0.2, -0.15) is 0 Å². The molecule has 1 unspecified atom stereocenters. The zero-order valence-corrected chi connectivity index (χ0v) is 10.3. The number of anilines is 1. The van der Waals surface area contributed by atoms with Crippen LogP contribution in [-0.2, 0) is 9.59 Å². The topological polar surface area (TPSA) is 74.7 Å². The molecule has 0 fully saturated rings. The Hall–Kier alpha value is -1.88. The van der Waals surface area contributed by atoms with E-state index in [1.165, 1.54) is 12.1 Å². The number of carboxylic acid groups (broad SMARTS) is 1. The second kappa shape index (κ2) is 4.42. The number of benzene rings is 1. The second-order valence-electron chi connectivity index (χ2n) is 4.00. The summed E-state index contributed by atoms with van der Waals surface area (Å²) in [5.41, 5.74) is 0.990. The number of carbonyl (C=O) groups is 3. The average Bonchev–Trinajstić information content (AvgIpc) is 2.61. The Morgan fingerprint density at radius 3 is 2.67 bits per heavy atom. The Bertz CT molecular complexity index is 555. The van der Waals surface area contributed by atoms with Gasteiger partial charge in [-0.15, -0.1) is 11.6 Å². The van der Waals surface area contributed by atoms with Gasteiger partial charge in [-0.1, -0.05) is 6.07 Å². The summed E-state index contributed by atoms with van der Waals surface area (Å²) in [7, 11) is 0. The van der Waals surface area contributed by atoms with E-state index in [4.69, 9.17) is 16.7 Å². The Morgan fingerprint density at radius 1 is 1.44 bits per heavy atom. The Balaban J connectivity index is 2.57. The van der Waals surface area contributed by atoms with Gasteiger partial charge in [-0.25, -0.2) is 9.69 Å². The van der Waals surface area contributed by atoms with Crippen molar-refractivity contribution in [3.05, 3.63) is 29.3 Å². The zero-order valence-electron chi connectivity index (χ0n) is 9.51. The van der Waals surface area contributed by atoms with Crippen molar-refractivity contribution in [1.29, 1.82) is 0 Å². The number of halogens is 1. The van der Waals surface area contributed by atoms with Crippen LogP contribution < -0.4 is 4.90 Å². The highest BCUT2D eigenvalue weighted by molar-refractivity contribution is 6.34. The van der Waals surface area contributed by atoms with E-state index >= 15 is 0 Å². The van der Waals surface area contributed by atoms with Crippen molar-refractivity contribution in [3.63, 3.8) is 0 Å². The van der Waals surface area contributed by atoms with Crippen molar-refractivity contribution in [3.8, 4) is 0 Å². The van der Waals surface area contributed by atoms with Crippen LogP contribution in [0, 0.1) is 0 Å². The molecular formula is C12H10ClNO4. The smallest absolute Gasteiger partial charge is 0.335 e. The molecule has 1 aromatic carbocycles. The summed E-state index contributed by atoms with van der Waals surface area (Å²) >= 11 is 5.45. The van der Waals surface area contributed by atoms with Gasteiger partial charge in [0.15, 0.2) is 0 Å². The van der Waals surface area contributed by atoms with Crippen LogP contribution in [0.2, 0.25) is 0 Å². The molecule has 1 aliphatic heterocycles. The predicted octanol–water partition coefficient (Wildman–Crippen LogP) is 1.60. The van der Waals surface area contributed by atoms with Crippen molar-refractivity contribution in [1.82, 2.24) is 0 Å². The fourth-order valence-corrected chi connectivity index (χ4v) is 2.12. The van der Waals surface area contributed by atoms with E-state index in [2.05, 4.69) is 0 Å². The summed E-state index contributed by atoms with van der Waals surface area (Å²) in [6, 6.07) is 4.30. The van der Waals surface area contributed by atoms with E-state index in [-0.39, 0.29) is 17.4 Å². The molecule has 1 atom stereocenters. The van der Waals surface area contributed by atoms with Crippen LogP contribution in [0.1, 0.15) is 28.8 Å². The zero-order chi connectivity index (χ0) is 13.4. The fourth-order valence-electron chi connectivity index (χ4n) is 2.00. The Labute approximate surface area is 108 Å². The number of aromatic carboxylic acids is 1. The number of imide groups is 1. The molecular weight excluding hydrogens is 258 g/mol. The molecule has 0 saturated carbocycles. The standard InChI is InChI=1S/C12H10ClNO4/c1-6-8-3-2-7(12(17)18)4-9(8)14(11(6)16)10(15)5-13/h2-4,6H,5H2,1H3,(H,17,18). The number of hydrogen-bond donors (Lipinski definition) is 1. The van der Waals surface area contributed by atoms with Gasteiger partial charge in [0, 0.05) is 0 Å². The summed E-state index contributed by atoms with van der Waals surface area (Å²) in [6.07, 6.45) is 0. The molecule has 0 aromatic heterocycles. The minimum absolute atomic E-state index is 0.0306. The maximum atomic E-state index is 11.9. The number of amides is 2. The van der Waals surface area contributed by atoms with Crippen molar-refractivity contribution in [2.75, 3.05) is 10.8 Å². The summed E-state index contributed by atoms with van der Waals surface area (Å²) in [6.45, 7) is 1.67. The van der Waals surface area contributed by atoms with E-state index in [0.29, 0.717) is 11.3 Å². The van der Waals surface area contributed by atoms with Gasteiger partial charge in [-0.05, 0) is 24.6 Å².